The SMILES string of the molecule is N#C/C(=C/c1cccc(C(=O)O)c1)C(=O)Nc1nccs1. The van der Waals surface area contributed by atoms with Crippen LogP contribution in [-0.2, 0) is 4.79 Å². The summed E-state index contributed by atoms with van der Waals surface area (Å²) in [5.41, 5.74) is 0.412. The fourth-order valence-electron chi connectivity index (χ4n) is 1.53. The third-order valence-electron chi connectivity index (χ3n) is 2.46. The number of nitriles is 1. The zero-order valence-electron chi connectivity index (χ0n) is 10.6. The van der Waals surface area contributed by atoms with Crippen LogP contribution in [-0.4, -0.2) is 22.0 Å². The number of carboxylic acid groups (broad SMARTS) is 1. The Morgan fingerprint density at radius 1 is 1.43 bits per heavy atom. The van der Waals surface area contributed by atoms with Gasteiger partial charge in [-0.05, 0) is 23.8 Å². The maximum Gasteiger partial charge on any atom is 0.335 e. The van der Waals surface area contributed by atoms with E-state index in [9.17, 15) is 9.59 Å². The summed E-state index contributed by atoms with van der Waals surface area (Å²) in [6.07, 6.45) is 2.86. The monoisotopic (exact) mass is 299 g/mol. The van der Waals surface area contributed by atoms with Gasteiger partial charge in [0.15, 0.2) is 5.13 Å². The Bertz CT molecular complexity index is 745. The number of benzene rings is 1. The van der Waals surface area contributed by atoms with E-state index in [2.05, 4.69) is 10.3 Å². The highest BCUT2D eigenvalue weighted by molar-refractivity contribution is 7.13. The van der Waals surface area contributed by atoms with Crippen LogP contribution in [0.3, 0.4) is 0 Å². The lowest BCUT2D eigenvalue weighted by molar-refractivity contribution is -0.112. The van der Waals surface area contributed by atoms with E-state index in [1.54, 1.807) is 23.6 Å². The first-order chi connectivity index (χ1) is 10.1. The maximum atomic E-state index is 11.9. The molecule has 1 amide bonds. The Labute approximate surface area is 124 Å². The Hall–Kier alpha value is -2.98. The van der Waals surface area contributed by atoms with Crippen molar-refractivity contribution >= 4 is 34.4 Å². The quantitative estimate of drug-likeness (QED) is 0.666. The molecule has 2 N–H and O–H groups in total. The van der Waals surface area contributed by atoms with Crippen molar-refractivity contribution in [2.75, 3.05) is 5.32 Å². The number of nitrogens with zero attached hydrogens (tertiary/aromatic N) is 2. The number of thiazole rings is 1. The van der Waals surface area contributed by atoms with Gasteiger partial charge in [0.25, 0.3) is 5.91 Å². The van der Waals surface area contributed by atoms with Crippen LogP contribution >= 0.6 is 11.3 Å². The van der Waals surface area contributed by atoms with Gasteiger partial charge >= 0.3 is 5.97 Å². The number of hydrogen-bond donors (Lipinski definition) is 2. The fourth-order valence-corrected chi connectivity index (χ4v) is 2.05. The van der Waals surface area contributed by atoms with E-state index in [1.165, 1.54) is 35.7 Å². The first-order valence-electron chi connectivity index (χ1n) is 5.76. The second-order valence-electron chi connectivity index (χ2n) is 3.89. The molecule has 0 saturated heterocycles. The average molecular weight is 299 g/mol. The number of carboxylic acids is 1. The van der Waals surface area contributed by atoms with Gasteiger partial charge in [0.1, 0.15) is 11.6 Å². The summed E-state index contributed by atoms with van der Waals surface area (Å²) in [4.78, 5) is 26.7. The first kappa shape index (κ1) is 14.4. The highest BCUT2D eigenvalue weighted by Crippen LogP contribution is 2.14. The highest BCUT2D eigenvalue weighted by atomic mass is 32.1. The zero-order chi connectivity index (χ0) is 15.2. The topological polar surface area (TPSA) is 103 Å². The van der Waals surface area contributed by atoms with Crippen molar-refractivity contribution in [3.63, 3.8) is 0 Å². The second kappa shape index (κ2) is 6.45. The van der Waals surface area contributed by atoms with Gasteiger partial charge in [0, 0.05) is 11.6 Å². The van der Waals surface area contributed by atoms with E-state index in [1.807, 2.05) is 0 Å². The molecule has 104 valence electrons. The van der Waals surface area contributed by atoms with Gasteiger partial charge in [0.05, 0.1) is 5.56 Å². The summed E-state index contributed by atoms with van der Waals surface area (Å²) in [5.74, 6) is -1.66. The van der Waals surface area contributed by atoms with Crippen LogP contribution in [0.15, 0.2) is 41.4 Å². The van der Waals surface area contributed by atoms with E-state index in [0.29, 0.717) is 10.7 Å². The number of rotatable bonds is 4. The molecule has 0 aliphatic heterocycles. The van der Waals surface area contributed by atoms with Gasteiger partial charge in [-0.15, -0.1) is 11.3 Å². The molecule has 0 atom stereocenters. The molecule has 21 heavy (non-hydrogen) atoms. The highest BCUT2D eigenvalue weighted by Gasteiger charge is 2.11. The van der Waals surface area contributed by atoms with Crippen molar-refractivity contribution in [1.29, 1.82) is 5.26 Å². The lowest BCUT2D eigenvalue weighted by atomic mass is 10.1. The van der Waals surface area contributed by atoms with Gasteiger partial charge in [-0.2, -0.15) is 5.26 Å². The van der Waals surface area contributed by atoms with Crippen molar-refractivity contribution in [3.05, 3.63) is 52.5 Å². The lowest BCUT2D eigenvalue weighted by Gasteiger charge is -2.01. The van der Waals surface area contributed by atoms with Crippen molar-refractivity contribution in [3.8, 4) is 6.07 Å². The number of hydrogen-bond acceptors (Lipinski definition) is 5. The predicted molar refractivity (Wildman–Crippen MR) is 77.7 cm³/mol. The molecule has 1 heterocycles. The molecule has 1 aromatic heterocycles. The van der Waals surface area contributed by atoms with Gasteiger partial charge in [-0.25, -0.2) is 9.78 Å². The van der Waals surface area contributed by atoms with Crippen LogP contribution in [0.1, 0.15) is 15.9 Å². The molecule has 2 aromatic rings. The summed E-state index contributed by atoms with van der Waals surface area (Å²) in [6.45, 7) is 0. The van der Waals surface area contributed by atoms with Crippen LogP contribution in [0.2, 0.25) is 0 Å². The van der Waals surface area contributed by atoms with Crippen molar-refractivity contribution < 1.29 is 14.7 Å². The van der Waals surface area contributed by atoms with Crippen LogP contribution in [0, 0.1) is 11.3 Å². The van der Waals surface area contributed by atoms with Gasteiger partial charge in [-0.3, -0.25) is 10.1 Å². The van der Waals surface area contributed by atoms with Crippen LogP contribution < -0.4 is 5.32 Å². The van der Waals surface area contributed by atoms with Crippen molar-refractivity contribution in [1.82, 2.24) is 4.98 Å². The number of aromatic carboxylic acids is 1. The summed E-state index contributed by atoms with van der Waals surface area (Å²) in [5, 5.41) is 22.5. The molecule has 0 aliphatic carbocycles. The fraction of sp³-hybridized carbons (Fsp3) is 0. The zero-order valence-corrected chi connectivity index (χ0v) is 11.4. The lowest BCUT2D eigenvalue weighted by Crippen LogP contribution is -2.13. The van der Waals surface area contributed by atoms with E-state index in [-0.39, 0.29) is 11.1 Å². The summed E-state index contributed by atoms with van der Waals surface area (Å²) in [7, 11) is 0. The van der Waals surface area contributed by atoms with Crippen LogP contribution in [0.4, 0.5) is 5.13 Å². The molecule has 7 heteroatoms. The third-order valence-corrected chi connectivity index (χ3v) is 3.15. The number of carbonyl (C=O) groups is 2. The molecule has 0 unspecified atom stereocenters. The van der Waals surface area contributed by atoms with Crippen molar-refractivity contribution in [2.45, 2.75) is 0 Å². The van der Waals surface area contributed by atoms with E-state index < -0.39 is 11.9 Å². The minimum Gasteiger partial charge on any atom is -0.478 e. The van der Waals surface area contributed by atoms with Crippen molar-refractivity contribution in [2.24, 2.45) is 0 Å². The summed E-state index contributed by atoms with van der Waals surface area (Å²) < 4.78 is 0. The Kier molecular flexibility index (Phi) is 4.43. The van der Waals surface area contributed by atoms with Crippen LogP contribution in [0.25, 0.3) is 6.08 Å². The first-order valence-corrected chi connectivity index (χ1v) is 6.64. The largest absolute Gasteiger partial charge is 0.478 e. The van der Waals surface area contributed by atoms with Gasteiger partial charge in [0.2, 0.25) is 0 Å². The molecule has 1 aromatic carbocycles. The van der Waals surface area contributed by atoms with Gasteiger partial charge in [-0.1, -0.05) is 12.1 Å². The predicted octanol–water partition coefficient (Wildman–Crippen LogP) is 2.39. The smallest absolute Gasteiger partial charge is 0.335 e. The molecule has 2 rings (SSSR count). The molecule has 0 saturated carbocycles. The second-order valence-corrected chi connectivity index (χ2v) is 4.79. The number of nitrogens with one attached hydrogen (secondary N) is 1. The standard InChI is InChI=1S/C14H9N3O3S/c15-8-11(12(18)17-14-16-4-5-21-14)7-9-2-1-3-10(6-9)13(19)20/h1-7H,(H,19,20)(H,16,17,18)/b11-7-. The average Bonchev–Trinajstić information content (AvgIpc) is 2.97. The molecule has 0 bridgehead atoms. The van der Waals surface area contributed by atoms with Crippen LogP contribution in [0.5, 0.6) is 0 Å². The van der Waals surface area contributed by atoms with Gasteiger partial charge < -0.3 is 5.11 Å². The molecular formula is C14H9N3O3S. The Balaban J connectivity index is 2.24. The number of amides is 1. The Morgan fingerprint density at radius 2 is 2.24 bits per heavy atom. The summed E-state index contributed by atoms with van der Waals surface area (Å²) >= 11 is 1.23. The van der Waals surface area contributed by atoms with E-state index in [4.69, 9.17) is 10.4 Å². The van der Waals surface area contributed by atoms with E-state index >= 15 is 0 Å². The summed E-state index contributed by atoms with van der Waals surface area (Å²) in [6, 6.07) is 7.76. The molecule has 0 aliphatic rings. The third kappa shape index (κ3) is 3.75. The minimum absolute atomic E-state index is 0.0846. The molecule has 0 radical (unpaired) electrons. The number of aromatic nitrogens is 1. The van der Waals surface area contributed by atoms with E-state index in [0.717, 1.165) is 0 Å². The molecule has 0 fully saturated rings. The number of anilines is 1. The Morgan fingerprint density at radius 3 is 2.86 bits per heavy atom. The maximum absolute atomic E-state index is 11.9. The minimum atomic E-state index is -1.07. The number of carbonyl (C=O) groups excluding carboxylic acids is 1. The molecule has 0 spiro atoms. The normalized spacial score (nSPS) is 10.7. The molecular weight excluding hydrogens is 290 g/mol. The molecule has 6 nitrogen and oxygen atoms in total.